The lowest BCUT2D eigenvalue weighted by Gasteiger charge is -2.07. The third-order valence-corrected chi connectivity index (χ3v) is 3.68. The summed E-state index contributed by atoms with van der Waals surface area (Å²) in [5.41, 5.74) is 5.05. The van der Waals surface area contributed by atoms with Crippen molar-refractivity contribution in [3.63, 3.8) is 0 Å². The van der Waals surface area contributed by atoms with Gasteiger partial charge in [-0.3, -0.25) is 0 Å². The number of hydrogen-bond acceptors (Lipinski definition) is 2. The molecule has 112 valence electrons. The van der Waals surface area contributed by atoms with E-state index in [-0.39, 0.29) is 5.97 Å². The van der Waals surface area contributed by atoms with Crippen molar-refractivity contribution in [3.05, 3.63) is 40.6 Å². The van der Waals surface area contributed by atoms with Gasteiger partial charge in [0.25, 0.3) is 0 Å². The van der Waals surface area contributed by atoms with Crippen LogP contribution >= 0.6 is 0 Å². The summed E-state index contributed by atoms with van der Waals surface area (Å²) in [4.78, 5) is 15.3. The second-order valence-corrected chi connectivity index (χ2v) is 5.16. The zero-order valence-electron chi connectivity index (χ0n) is 13.2. The Morgan fingerprint density at radius 2 is 2.10 bits per heavy atom. The fourth-order valence-electron chi connectivity index (χ4n) is 2.78. The highest BCUT2D eigenvalue weighted by Gasteiger charge is 2.18. The average Bonchev–Trinajstić information content (AvgIpc) is 2.80. The van der Waals surface area contributed by atoms with Crippen LogP contribution in [0.5, 0.6) is 0 Å². The van der Waals surface area contributed by atoms with Crippen LogP contribution in [0.1, 0.15) is 54.4 Å². The molecule has 0 unspecified atom stereocenters. The number of ether oxygens (including phenoxy) is 1. The Kier molecular flexibility index (Phi) is 4.84. The molecule has 0 saturated heterocycles. The molecule has 1 N–H and O–H groups in total. The maximum Gasteiger partial charge on any atom is 0.355 e. The van der Waals surface area contributed by atoms with Crippen LogP contribution in [0.4, 0.5) is 0 Å². The molecule has 1 aromatic carbocycles. The van der Waals surface area contributed by atoms with E-state index in [1.807, 2.05) is 26.8 Å². The molecule has 0 radical (unpaired) electrons. The van der Waals surface area contributed by atoms with Gasteiger partial charge >= 0.3 is 5.97 Å². The molecule has 0 fully saturated rings. The van der Waals surface area contributed by atoms with E-state index >= 15 is 0 Å². The number of fused-ring (bicyclic) bond motifs is 1. The molecule has 1 aromatic heterocycles. The lowest BCUT2D eigenvalue weighted by Crippen LogP contribution is -2.06. The molecule has 21 heavy (non-hydrogen) atoms. The number of H-pyrrole nitrogens is 1. The van der Waals surface area contributed by atoms with Gasteiger partial charge in [0, 0.05) is 10.9 Å². The first-order valence-corrected chi connectivity index (χ1v) is 7.57. The Bertz CT molecular complexity index is 680. The van der Waals surface area contributed by atoms with Crippen molar-refractivity contribution >= 4 is 22.9 Å². The Morgan fingerprint density at radius 3 is 2.71 bits per heavy atom. The van der Waals surface area contributed by atoms with Crippen LogP contribution in [0.3, 0.4) is 0 Å². The molecule has 2 aromatic rings. The van der Waals surface area contributed by atoms with E-state index in [2.05, 4.69) is 30.1 Å². The molecular formula is C18H23NO2. The van der Waals surface area contributed by atoms with Gasteiger partial charge in [-0.1, -0.05) is 31.6 Å². The number of carbonyl (C=O) groups is 1. The topological polar surface area (TPSA) is 42.1 Å². The van der Waals surface area contributed by atoms with Crippen LogP contribution < -0.4 is 0 Å². The van der Waals surface area contributed by atoms with Gasteiger partial charge in [-0.2, -0.15) is 0 Å². The predicted molar refractivity (Wildman–Crippen MR) is 87.7 cm³/mol. The maximum absolute atomic E-state index is 12.0. The highest BCUT2D eigenvalue weighted by Crippen LogP contribution is 2.30. The van der Waals surface area contributed by atoms with E-state index < -0.39 is 0 Å². The Hall–Kier alpha value is -2.03. The highest BCUT2D eigenvalue weighted by molar-refractivity contribution is 6.01. The number of aryl methyl sites for hydroxylation is 2. The third-order valence-electron chi connectivity index (χ3n) is 3.68. The number of aromatic nitrogens is 1. The molecule has 0 aliphatic heterocycles. The monoisotopic (exact) mass is 285 g/mol. The molecule has 0 amide bonds. The summed E-state index contributed by atoms with van der Waals surface area (Å²) in [6.45, 7) is 8.38. The van der Waals surface area contributed by atoms with Gasteiger partial charge in [-0.25, -0.2) is 4.79 Å². The number of rotatable bonds is 5. The van der Waals surface area contributed by atoms with Crippen LogP contribution in [-0.2, 0) is 11.2 Å². The maximum atomic E-state index is 12.0. The first-order valence-electron chi connectivity index (χ1n) is 7.57. The average molecular weight is 285 g/mol. The quantitative estimate of drug-likeness (QED) is 0.813. The fraction of sp³-hybridized carbons (Fsp3) is 0.389. The van der Waals surface area contributed by atoms with E-state index in [9.17, 15) is 4.79 Å². The Morgan fingerprint density at radius 1 is 1.33 bits per heavy atom. The molecule has 2 rings (SSSR count). The minimum Gasteiger partial charge on any atom is -0.461 e. The summed E-state index contributed by atoms with van der Waals surface area (Å²) in [5.74, 6) is -0.283. The normalized spacial score (nSPS) is 11.4. The van der Waals surface area contributed by atoms with Gasteiger partial charge in [-0.15, -0.1) is 0 Å². The number of allylic oxidation sites excluding steroid dienone is 1. The largest absolute Gasteiger partial charge is 0.461 e. The van der Waals surface area contributed by atoms with Crippen molar-refractivity contribution in [2.45, 2.75) is 40.5 Å². The summed E-state index contributed by atoms with van der Waals surface area (Å²) in [7, 11) is 0. The van der Waals surface area contributed by atoms with Crippen molar-refractivity contribution < 1.29 is 9.53 Å². The van der Waals surface area contributed by atoms with Gasteiger partial charge in [0.1, 0.15) is 5.69 Å². The number of benzene rings is 1. The molecule has 0 saturated carbocycles. The minimum absolute atomic E-state index is 0.283. The lowest BCUT2D eigenvalue weighted by atomic mass is 9.96. The van der Waals surface area contributed by atoms with Crippen molar-refractivity contribution in [2.24, 2.45) is 0 Å². The number of esters is 1. The van der Waals surface area contributed by atoms with Crippen LogP contribution in [-0.4, -0.2) is 17.6 Å². The zero-order valence-corrected chi connectivity index (χ0v) is 13.2. The van der Waals surface area contributed by atoms with Gasteiger partial charge in [0.05, 0.1) is 6.61 Å². The molecule has 3 nitrogen and oxygen atoms in total. The van der Waals surface area contributed by atoms with Crippen molar-refractivity contribution in [2.75, 3.05) is 6.61 Å². The van der Waals surface area contributed by atoms with Gasteiger partial charge < -0.3 is 9.72 Å². The van der Waals surface area contributed by atoms with E-state index in [0.717, 1.165) is 29.3 Å². The minimum atomic E-state index is -0.283. The van der Waals surface area contributed by atoms with Gasteiger partial charge in [-0.05, 0) is 49.9 Å². The standard InChI is InChI=1S/C18H23NO2/c1-5-8-13-10-11-15-16(14(13)9-6-2)12(4)17(19-15)18(20)21-7-3/h6,9-11,19H,5,7-8H2,1-4H3/b9-6-. The second-order valence-electron chi connectivity index (χ2n) is 5.16. The first kappa shape index (κ1) is 15.4. The van der Waals surface area contributed by atoms with Gasteiger partial charge in [0.15, 0.2) is 0 Å². The zero-order chi connectivity index (χ0) is 15.4. The predicted octanol–water partition coefficient (Wildman–Crippen LogP) is 4.64. The van der Waals surface area contributed by atoms with Crippen molar-refractivity contribution in [1.82, 2.24) is 4.98 Å². The van der Waals surface area contributed by atoms with Crippen LogP contribution in [0.2, 0.25) is 0 Å². The SMILES string of the molecule is C/C=C\c1c(CCC)ccc2[nH]c(C(=O)OCC)c(C)c12. The number of nitrogens with one attached hydrogen (secondary N) is 1. The molecular weight excluding hydrogens is 262 g/mol. The second kappa shape index (κ2) is 6.61. The van der Waals surface area contributed by atoms with Crippen LogP contribution in [0.25, 0.3) is 17.0 Å². The van der Waals surface area contributed by atoms with Crippen LogP contribution in [0, 0.1) is 6.92 Å². The van der Waals surface area contributed by atoms with Crippen LogP contribution in [0.15, 0.2) is 18.2 Å². The summed E-state index contributed by atoms with van der Waals surface area (Å²) in [6.07, 6.45) is 6.31. The van der Waals surface area contributed by atoms with Gasteiger partial charge in [0.2, 0.25) is 0 Å². The van der Waals surface area contributed by atoms with E-state index in [1.165, 1.54) is 11.1 Å². The molecule has 3 heteroatoms. The summed E-state index contributed by atoms with van der Waals surface area (Å²) in [5, 5.41) is 1.13. The number of carbonyl (C=O) groups excluding carboxylic acids is 1. The van der Waals surface area contributed by atoms with E-state index in [1.54, 1.807) is 0 Å². The number of aromatic amines is 1. The molecule has 0 spiro atoms. The fourth-order valence-corrected chi connectivity index (χ4v) is 2.78. The number of hydrogen-bond donors (Lipinski definition) is 1. The van der Waals surface area contributed by atoms with Crippen molar-refractivity contribution in [1.29, 1.82) is 0 Å². The van der Waals surface area contributed by atoms with E-state index in [0.29, 0.717) is 12.3 Å². The molecule has 1 heterocycles. The smallest absolute Gasteiger partial charge is 0.355 e. The summed E-state index contributed by atoms with van der Waals surface area (Å²) < 4.78 is 5.13. The molecule has 0 bridgehead atoms. The Labute approximate surface area is 126 Å². The summed E-state index contributed by atoms with van der Waals surface area (Å²) in [6, 6.07) is 4.20. The lowest BCUT2D eigenvalue weighted by molar-refractivity contribution is 0.0520. The summed E-state index contributed by atoms with van der Waals surface area (Å²) >= 11 is 0. The first-order chi connectivity index (χ1) is 10.1. The third kappa shape index (κ3) is 2.87. The Balaban J connectivity index is 2.68. The molecule has 0 atom stereocenters. The van der Waals surface area contributed by atoms with Crippen molar-refractivity contribution in [3.8, 4) is 0 Å². The highest BCUT2D eigenvalue weighted by atomic mass is 16.5. The molecule has 0 aliphatic rings. The van der Waals surface area contributed by atoms with E-state index in [4.69, 9.17) is 4.74 Å². The molecule has 0 aliphatic carbocycles.